The van der Waals surface area contributed by atoms with Crippen LogP contribution in [-0.4, -0.2) is 101 Å². The standard InChI is InChI=1S/C35H39BrN8O7/c1-42-16-22(13-25(18-42)39-27-15-38-43(2)35(50)31(27)36)20-3-5-21(6-4-20)32(47)37-11-12-51-19-30(46)40-24-7-8-26-23(14-24)17-44(34(26)49)28-9-10-29(45)41-33(28)48/h3-8,14-15,22,25,28,39H,9-13,16-19H2,1-2H3,(H,37,47)(H,40,46)(H,41,45,48). The number of aryl methyl sites for hydroxylation is 1. The number of piperidine rings is 2. The van der Waals surface area contributed by atoms with Gasteiger partial charge in [-0.25, -0.2) is 4.68 Å². The number of carbonyl (C=O) groups is 5. The third-order valence-electron chi connectivity index (χ3n) is 9.29. The first-order chi connectivity index (χ1) is 24.5. The third kappa shape index (κ3) is 8.35. The van der Waals surface area contributed by atoms with Crippen LogP contribution in [-0.2, 0) is 32.7 Å². The van der Waals surface area contributed by atoms with E-state index in [1.165, 1.54) is 9.58 Å². The minimum atomic E-state index is -0.712. The van der Waals surface area contributed by atoms with Crippen molar-refractivity contribution in [2.24, 2.45) is 7.05 Å². The average molecular weight is 764 g/mol. The molecule has 4 N–H and O–H groups in total. The Hall–Kier alpha value is -4.93. The molecule has 0 saturated carbocycles. The molecule has 2 saturated heterocycles. The Morgan fingerprint density at radius 1 is 1.06 bits per heavy atom. The molecular weight excluding hydrogens is 724 g/mol. The van der Waals surface area contributed by atoms with Gasteiger partial charge in [-0.05, 0) is 83.2 Å². The van der Waals surface area contributed by atoms with Gasteiger partial charge in [-0.3, -0.25) is 34.1 Å². The minimum Gasteiger partial charge on any atom is -0.379 e. The normalized spacial score (nSPS) is 20.5. The van der Waals surface area contributed by atoms with Gasteiger partial charge in [-0.2, -0.15) is 5.10 Å². The topological polar surface area (TPSA) is 184 Å². The van der Waals surface area contributed by atoms with Crippen molar-refractivity contribution in [2.75, 3.05) is 50.5 Å². The van der Waals surface area contributed by atoms with E-state index in [0.29, 0.717) is 32.5 Å². The number of rotatable bonds is 11. The number of nitrogens with zero attached hydrogens (tertiary/aromatic N) is 4. The molecule has 0 bridgehead atoms. The Morgan fingerprint density at radius 3 is 2.61 bits per heavy atom. The number of likely N-dealkylation sites (tertiary alicyclic amines) is 1. The number of imide groups is 1. The van der Waals surface area contributed by atoms with Gasteiger partial charge in [0.2, 0.25) is 17.7 Å². The number of hydrogen-bond donors (Lipinski definition) is 4. The lowest BCUT2D eigenvalue weighted by Gasteiger charge is -2.37. The Labute approximate surface area is 302 Å². The molecule has 1 aromatic heterocycles. The summed E-state index contributed by atoms with van der Waals surface area (Å²) >= 11 is 3.38. The summed E-state index contributed by atoms with van der Waals surface area (Å²) in [5, 5.41) is 15.4. The predicted molar refractivity (Wildman–Crippen MR) is 190 cm³/mol. The van der Waals surface area contributed by atoms with Crippen LogP contribution in [0.3, 0.4) is 0 Å². The van der Waals surface area contributed by atoms with Crippen molar-refractivity contribution in [3.8, 4) is 0 Å². The summed E-state index contributed by atoms with van der Waals surface area (Å²) in [6, 6.07) is 11.8. The SMILES string of the molecule is CN1CC(Nc2cnn(C)c(=O)c2Br)CC(c2ccc(C(=O)NCCOCC(=O)Nc3ccc4c(c3)CN(C3CCC(=O)NC3=O)C4=O)cc2)C1. The fourth-order valence-electron chi connectivity index (χ4n) is 6.76. The van der Waals surface area contributed by atoms with Crippen LogP contribution < -0.4 is 26.8 Å². The maximum absolute atomic E-state index is 12.9. The van der Waals surface area contributed by atoms with Crippen LogP contribution in [0.15, 0.2) is 57.9 Å². The number of fused-ring (bicyclic) bond motifs is 1. The summed E-state index contributed by atoms with van der Waals surface area (Å²) in [5.74, 6) is -1.54. The van der Waals surface area contributed by atoms with Gasteiger partial charge in [0, 0.05) is 62.5 Å². The van der Waals surface area contributed by atoms with Gasteiger partial charge in [0.05, 0.1) is 18.5 Å². The van der Waals surface area contributed by atoms with E-state index in [9.17, 15) is 28.8 Å². The largest absolute Gasteiger partial charge is 0.379 e. The predicted octanol–water partition coefficient (Wildman–Crippen LogP) is 1.59. The van der Waals surface area contributed by atoms with E-state index in [1.54, 1.807) is 43.6 Å². The minimum absolute atomic E-state index is 0.0981. The number of likely N-dealkylation sites (N-methyl/N-ethyl adjacent to an activating group) is 1. The lowest BCUT2D eigenvalue weighted by molar-refractivity contribution is -0.137. The van der Waals surface area contributed by atoms with E-state index in [0.717, 1.165) is 25.1 Å². The number of amides is 5. The first-order valence-corrected chi connectivity index (χ1v) is 17.5. The Balaban J connectivity index is 0.921. The van der Waals surface area contributed by atoms with Crippen LogP contribution in [0.25, 0.3) is 0 Å². The molecule has 5 amide bonds. The number of anilines is 2. The number of benzene rings is 2. The van der Waals surface area contributed by atoms with Crippen LogP contribution in [0.1, 0.15) is 57.0 Å². The van der Waals surface area contributed by atoms with Crippen molar-refractivity contribution in [1.82, 2.24) is 30.2 Å². The van der Waals surface area contributed by atoms with Gasteiger partial charge in [0.25, 0.3) is 17.4 Å². The molecule has 3 aliphatic heterocycles. The Kier molecular flexibility index (Phi) is 10.9. The van der Waals surface area contributed by atoms with Crippen molar-refractivity contribution in [3.63, 3.8) is 0 Å². The average Bonchev–Trinajstić information content (AvgIpc) is 3.42. The summed E-state index contributed by atoms with van der Waals surface area (Å²) in [7, 11) is 3.66. The fourth-order valence-corrected chi connectivity index (χ4v) is 7.23. The van der Waals surface area contributed by atoms with Gasteiger partial charge < -0.3 is 30.5 Å². The van der Waals surface area contributed by atoms with E-state index in [1.807, 2.05) is 12.1 Å². The van der Waals surface area contributed by atoms with Gasteiger partial charge in [0.15, 0.2) is 0 Å². The van der Waals surface area contributed by atoms with Gasteiger partial charge in [-0.15, -0.1) is 0 Å². The van der Waals surface area contributed by atoms with Crippen LogP contribution >= 0.6 is 15.9 Å². The molecule has 51 heavy (non-hydrogen) atoms. The van der Waals surface area contributed by atoms with Crippen LogP contribution in [0, 0.1) is 0 Å². The van der Waals surface area contributed by atoms with Gasteiger partial charge in [0.1, 0.15) is 17.1 Å². The quantitative estimate of drug-likeness (QED) is 0.165. The highest BCUT2D eigenvalue weighted by Gasteiger charge is 2.39. The maximum atomic E-state index is 12.9. The monoisotopic (exact) mass is 762 g/mol. The lowest BCUT2D eigenvalue weighted by atomic mass is 9.87. The molecule has 3 aliphatic rings. The van der Waals surface area contributed by atoms with Crippen molar-refractivity contribution in [2.45, 2.75) is 43.8 Å². The summed E-state index contributed by atoms with van der Waals surface area (Å²) in [5.41, 5.74) is 3.69. The number of hydrogen-bond acceptors (Lipinski definition) is 10. The Bertz CT molecular complexity index is 1920. The number of aromatic nitrogens is 2. The number of ether oxygens (including phenoxy) is 1. The summed E-state index contributed by atoms with van der Waals surface area (Å²) in [6.45, 7) is 1.97. The number of halogens is 1. The molecule has 0 spiro atoms. The molecule has 0 radical (unpaired) electrons. The highest BCUT2D eigenvalue weighted by atomic mass is 79.9. The molecule has 15 nitrogen and oxygen atoms in total. The Morgan fingerprint density at radius 2 is 1.84 bits per heavy atom. The number of carbonyl (C=O) groups excluding carboxylic acids is 5. The summed E-state index contributed by atoms with van der Waals surface area (Å²) < 4.78 is 7.19. The van der Waals surface area contributed by atoms with Crippen molar-refractivity contribution in [1.29, 1.82) is 0 Å². The second-order valence-electron chi connectivity index (χ2n) is 13.0. The lowest BCUT2D eigenvalue weighted by Crippen LogP contribution is -2.52. The molecule has 3 aromatic rings. The summed E-state index contributed by atoms with van der Waals surface area (Å²) in [4.78, 5) is 77.9. The zero-order valence-corrected chi connectivity index (χ0v) is 29.8. The number of nitrogens with one attached hydrogen (secondary N) is 4. The molecule has 268 valence electrons. The summed E-state index contributed by atoms with van der Waals surface area (Å²) in [6.07, 6.45) is 2.93. The molecule has 2 aromatic carbocycles. The highest BCUT2D eigenvalue weighted by Crippen LogP contribution is 2.31. The van der Waals surface area contributed by atoms with Gasteiger partial charge in [-0.1, -0.05) is 12.1 Å². The smallest absolute Gasteiger partial charge is 0.282 e. The zero-order chi connectivity index (χ0) is 36.2. The van der Waals surface area contributed by atoms with Crippen LogP contribution in [0.5, 0.6) is 0 Å². The van der Waals surface area contributed by atoms with E-state index in [2.05, 4.69) is 54.2 Å². The molecule has 16 heteroatoms. The van der Waals surface area contributed by atoms with E-state index in [-0.39, 0.29) is 74.4 Å². The molecule has 4 heterocycles. The third-order valence-corrected chi connectivity index (χ3v) is 10.1. The first kappa shape index (κ1) is 35.9. The molecule has 3 unspecified atom stereocenters. The first-order valence-electron chi connectivity index (χ1n) is 16.7. The van der Waals surface area contributed by atoms with Gasteiger partial charge >= 0.3 is 0 Å². The zero-order valence-electron chi connectivity index (χ0n) is 28.2. The van der Waals surface area contributed by atoms with E-state index >= 15 is 0 Å². The highest BCUT2D eigenvalue weighted by molar-refractivity contribution is 9.10. The maximum Gasteiger partial charge on any atom is 0.282 e. The van der Waals surface area contributed by atoms with E-state index < -0.39 is 17.9 Å². The fraction of sp³-hybridized carbons (Fsp3) is 0.400. The molecule has 0 aliphatic carbocycles. The molecule has 3 atom stereocenters. The van der Waals surface area contributed by atoms with Crippen molar-refractivity contribution in [3.05, 3.63) is 85.7 Å². The van der Waals surface area contributed by atoms with Crippen LogP contribution in [0.4, 0.5) is 11.4 Å². The second kappa shape index (κ2) is 15.5. The second-order valence-corrected chi connectivity index (χ2v) is 13.8. The molecule has 2 fully saturated rings. The van der Waals surface area contributed by atoms with Crippen LogP contribution in [0.2, 0.25) is 0 Å². The van der Waals surface area contributed by atoms with E-state index in [4.69, 9.17) is 4.74 Å². The molecular formula is C35H39BrN8O7. The van der Waals surface area contributed by atoms with Crippen molar-refractivity contribution < 1.29 is 28.7 Å². The molecule has 6 rings (SSSR count). The van der Waals surface area contributed by atoms with Crippen molar-refractivity contribution >= 4 is 56.8 Å².